The predicted octanol–water partition coefficient (Wildman–Crippen LogP) is 1.69. The molecule has 0 radical (unpaired) electrons. The summed E-state index contributed by atoms with van der Waals surface area (Å²) in [6, 6.07) is 3.39. The lowest BCUT2D eigenvalue weighted by molar-refractivity contribution is -0.144. The number of hydrogen-bond acceptors (Lipinski definition) is 4. The van der Waals surface area contributed by atoms with Crippen molar-refractivity contribution in [2.45, 2.75) is 38.3 Å². The van der Waals surface area contributed by atoms with Crippen LogP contribution < -0.4 is 5.32 Å². The normalized spacial score (nSPS) is 20.3. The molecule has 2 N–H and O–H groups in total. The molecular weight excluding hydrogens is 276 g/mol. The van der Waals surface area contributed by atoms with Crippen molar-refractivity contribution in [1.82, 2.24) is 10.2 Å². The van der Waals surface area contributed by atoms with Crippen molar-refractivity contribution in [3.05, 3.63) is 22.4 Å². The Labute approximate surface area is 122 Å². The third-order valence-corrected chi connectivity index (χ3v) is 4.41. The van der Waals surface area contributed by atoms with E-state index in [4.69, 9.17) is 0 Å². The van der Waals surface area contributed by atoms with Crippen LogP contribution in [0.5, 0.6) is 0 Å². The van der Waals surface area contributed by atoms with Gasteiger partial charge in [0.15, 0.2) is 0 Å². The van der Waals surface area contributed by atoms with Crippen LogP contribution in [0.25, 0.3) is 0 Å². The van der Waals surface area contributed by atoms with E-state index in [0.29, 0.717) is 19.5 Å². The van der Waals surface area contributed by atoms with E-state index >= 15 is 0 Å². The van der Waals surface area contributed by atoms with E-state index in [2.05, 4.69) is 5.32 Å². The Hall–Kier alpha value is -1.40. The fourth-order valence-electron chi connectivity index (χ4n) is 2.48. The molecule has 1 aromatic rings. The molecule has 0 aliphatic carbocycles. The molecular formula is C14H20N2O3S. The van der Waals surface area contributed by atoms with Crippen LogP contribution in [0.2, 0.25) is 0 Å². The Kier molecular flexibility index (Phi) is 5.55. The standard InChI is InChI=1S/C14H20N2O3S/c17-13(15-9-11-5-4-8-20-11)10-16-7-3-1-2-6-12(16)14(18)19/h4-5,8,12H,1-3,6-7,9-10H2,(H,15,17)(H,18,19). The summed E-state index contributed by atoms with van der Waals surface area (Å²) < 4.78 is 0. The highest BCUT2D eigenvalue weighted by Crippen LogP contribution is 2.16. The van der Waals surface area contributed by atoms with Crippen LogP contribution in [-0.2, 0) is 16.1 Å². The number of carbonyl (C=O) groups excluding carboxylic acids is 1. The topological polar surface area (TPSA) is 69.6 Å². The van der Waals surface area contributed by atoms with Crippen LogP contribution in [0.15, 0.2) is 17.5 Å². The molecule has 5 nitrogen and oxygen atoms in total. The molecule has 1 amide bonds. The van der Waals surface area contributed by atoms with Crippen molar-refractivity contribution in [1.29, 1.82) is 0 Å². The van der Waals surface area contributed by atoms with E-state index in [9.17, 15) is 14.7 Å². The van der Waals surface area contributed by atoms with Gasteiger partial charge in [0.2, 0.25) is 5.91 Å². The van der Waals surface area contributed by atoms with Gasteiger partial charge in [0.25, 0.3) is 0 Å². The number of rotatable bonds is 5. The molecule has 0 bridgehead atoms. The lowest BCUT2D eigenvalue weighted by Gasteiger charge is -2.25. The summed E-state index contributed by atoms with van der Waals surface area (Å²) in [5.41, 5.74) is 0. The largest absolute Gasteiger partial charge is 0.480 e. The SMILES string of the molecule is O=C(CN1CCCCCC1C(=O)O)NCc1cccs1. The van der Waals surface area contributed by atoms with Crippen molar-refractivity contribution in [2.24, 2.45) is 0 Å². The van der Waals surface area contributed by atoms with Crippen molar-refractivity contribution >= 4 is 23.2 Å². The van der Waals surface area contributed by atoms with Gasteiger partial charge in [0.1, 0.15) is 6.04 Å². The Morgan fingerprint density at radius 1 is 1.40 bits per heavy atom. The quantitative estimate of drug-likeness (QED) is 0.867. The molecule has 1 saturated heterocycles. The summed E-state index contributed by atoms with van der Waals surface area (Å²) >= 11 is 1.60. The van der Waals surface area contributed by atoms with Gasteiger partial charge >= 0.3 is 5.97 Å². The van der Waals surface area contributed by atoms with E-state index in [0.717, 1.165) is 24.1 Å². The molecule has 20 heavy (non-hydrogen) atoms. The van der Waals surface area contributed by atoms with Crippen LogP contribution in [0.3, 0.4) is 0 Å². The third kappa shape index (κ3) is 4.31. The zero-order valence-electron chi connectivity index (χ0n) is 11.4. The van der Waals surface area contributed by atoms with Gasteiger partial charge in [-0.1, -0.05) is 18.9 Å². The maximum absolute atomic E-state index is 11.9. The van der Waals surface area contributed by atoms with Crippen molar-refractivity contribution < 1.29 is 14.7 Å². The Balaban J connectivity index is 1.85. The van der Waals surface area contributed by atoms with Gasteiger partial charge in [-0.2, -0.15) is 0 Å². The smallest absolute Gasteiger partial charge is 0.320 e. The number of thiophene rings is 1. The molecule has 2 heterocycles. The Morgan fingerprint density at radius 2 is 2.25 bits per heavy atom. The first-order chi connectivity index (χ1) is 9.66. The number of hydrogen-bond donors (Lipinski definition) is 2. The van der Waals surface area contributed by atoms with Crippen LogP contribution in [0, 0.1) is 0 Å². The highest BCUT2D eigenvalue weighted by atomic mass is 32.1. The Bertz CT molecular complexity index is 447. The molecule has 110 valence electrons. The maximum Gasteiger partial charge on any atom is 0.320 e. The molecule has 1 fully saturated rings. The minimum atomic E-state index is -0.821. The minimum Gasteiger partial charge on any atom is -0.480 e. The fraction of sp³-hybridized carbons (Fsp3) is 0.571. The van der Waals surface area contributed by atoms with Gasteiger partial charge in [-0.05, 0) is 30.8 Å². The molecule has 1 unspecified atom stereocenters. The summed E-state index contributed by atoms with van der Waals surface area (Å²) in [6.45, 7) is 1.37. The molecule has 1 aromatic heterocycles. The molecule has 6 heteroatoms. The van der Waals surface area contributed by atoms with Gasteiger partial charge in [-0.25, -0.2) is 0 Å². The third-order valence-electron chi connectivity index (χ3n) is 3.54. The summed E-state index contributed by atoms with van der Waals surface area (Å²) in [5.74, 6) is -0.926. The zero-order chi connectivity index (χ0) is 14.4. The van der Waals surface area contributed by atoms with Crippen LogP contribution >= 0.6 is 11.3 Å². The van der Waals surface area contributed by atoms with Gasteiger partial charge in [0.05, 0.1) is 13.1 Å². The van der Waals surface area contributed by atoms with Crippen LogP contribution in [0.1, 0.15) is 30.6 Å². The van der Waals surface area contributed by atoms with E-state index in [1.807, 2.05) is 17.5 Å². The molecule has 1 aliphatic heterocycles. The second kappa shape index (κ2) is 7.40. The average Bonchev–Trinajstić information content (AvgIpc) is 2.82. The number of carboxylic acid groups (broad SMARTS) is 1. The number of aliphatic carboxylic acids is 1. The second-order valence-electron chi connectivity index (χ2n) is 5.03. The number of carbonyl (C=O) groups is 2. The number of likely N-dealkylation sites (tertiary alicyclic amines) is 1. The van der Waals surface area contributed by atoms with E-state index in [-0.39, 0.29) is 12.5 Å². The summed E-state index contributed by atoms with van der Waals surface area (Å²) in [5, 5.41) is 14.1. The van der Waals surface area contributed by atoms with Gasteiger partial charge in [-0.3, -0.25) is 14.5 Å². The second-order valence-corrected chi connectivity index (χ2v) is 6.06. The summed E-state index contributed by atoms with van der Waals surface area (Å²) in [7, 11) is 0. The van der Waals surface area contributed by atoms with E-state index in [1.165, 1.54) is 0 Å². The first-order valence-electron chi connectivity index (χ1n) is 6.93. The number of nitrogens with zero attached hydrogens (tertiary/aromatic N) is 1. The number of nitrogens with one attached hydrogen (secondary N) is 1. The van der Waals surface area contributed by atoms with Crippen LogP contribution in [-0.4, -0.2) is 41.0 Å². The monoisotopic (exact) mass is 296 g/mol. The van der Waals surface area contributed by atoms with E-state index < -0.39 is 12.0 Å². The zero-order valence-corrected chi connectivity index (χ0v) is 12.2. The first kappa shape index (κ1) is 15.0. The molecule has 2 rings (SSSR count). The number of carboxylic acids is 1. The van der Waals surface area contributed by atoms with Crippen molar-refractivity contribution in [3.8, 4) is 0 Å². The predicted molar refractivity (Wildman–Crippen MR) is 77.6 cm³/mol. The van der Waals surface area contributed by atoms with Crippen LogP contribution in [0.4, 0.5) is 0 Å². The fourth-order valence-corrected chi connectivity index (χ4v) is 3.12. The lowest BCUT2D eigenvalue weighted by Crippen LogP contribution is -2.46. The molecule has 0 saturated carbocycles. The van der Waals surface area contributed by atoms with Crippen molar-refractivity contribution in [3.63, 3.8) is 0 Å². The molecule has 1 atom stereocenters. The van der Waals surface area contributed by atoms with Gasteiger partial charge in [-0.15, -0.1) is 11.3 Å². The van der Waals surface area contributed by atoms with Gasteiger partial charge < -0.3 is 10.4 Å². The van der Waals surface area contributed by atoms with Gasteiger partial charge in [0, 0.05) is 4.88 Å². The molecule has 0 aromatic carbocycles. The Morgan fingerprint density at radius 3 is 2.95 bits per heavy atom. The first-order valence-corrected chi connectivity index (χ1v) is 7.80. The molecule has 0 spiro atoms. The lowest BCUT2D eigenvalue weighted by atomic mass is 10.1. The highest BCUT2D eigenvalue weighted by molar-refractivity contribution is 7.09. The number of amides is 1. The van der Waals surface area contributed by atoms with Crippen molar-refractivity contribution in [2.75, 3.05) is 13.1 Å². The highest BCUT2D eigenvalue weighted by Gasteiger charge is 2.28. The molecule has 1 aliphatic rings. The summed E-state index contributed by atoms with van der Waals surface area (Å²) in [6.07, 6.45) is 3.55. The minimum absolute atomic E-state index is 0.105. The maximum atomic E-state index is 11.9. The average molecular weight is 296 g/mol. The summed E-state index contributed by atoms with van der Waals surface area (Å²) in [4.78, 5) is 26.1. The van der Waals surface area contributed by atoms with E-state index in [1.54, 1.807) is 16.2 Å².